The molecule has 4 rings (SSSR count). The van der Waals surface area contributed by atoms with E-state index in [9.17, 15) is 10.1 Å². The van der Waals surface area contributed by atoms with Crippen molar-refractivity contribution in [1.29, 1.82) is 0 Å². The number of nitro benzene ring substituents is 1. The third-order valence-electron chi connectivity index (χ3n) is 4.09. The molecule has 0 saturated carbocycles. The summed E-state index contributed by atoms with van der Waals surface area (Å²) < 4.78 is 10.9. The average molecular weight is 319 g/mol. The fourth-order valence-corrected chi connectivity index (χ4v) is 2.93. The maximum Gasteiger partial charge on any atom is 0.280 e. The highest BCUT2D eigenvalue weighted by atomic mass is 16.6. The SMILES string of the molecule is COc1ccc(-c2ccc3oc4ccccc4c3c2)c([N+](=O)[O-])c1. The van der Waals surface area contributed by atoms with Gasteiger partial charge in [0.05, 0.1) is 23.7 Å². The molecule has 5 nitrogen and oxygen atoms in total. The Morgan fingerprint density at radius 2 is 1.75 bits per heavy atom. The van der Waals surface area contributed by atoms with Gasteiger partial charge < -0.3 is 9.15 Å². The molecule has 4 aromatic rings. The molecule has 3 aromatic carbocycles. The van der Waals surface area contributed by atoms with E-state index in [0.29, 0.717) is 11.3 Å². The Morgan fingerprint density at radius 3 is 2.54 bits per heavy atom. The van der Waals surface area contributed by atoms with Crippen molar-refractivity contribution in [2.45, 2.75) is 0 Å². The molecule has 0 aliphatic carbocycles. The molecule has 118 valence electrons. The molecule has 0 amide bonds. The van der Waals surface area contributed by atoms with E-state index in [-0.39, 0.29) is 5.69 Å². The van der Waals surface area contributed by atoms with Gasteiger partial charge in [0, 0.05) is 10.8 Å². The number of nitrogens with zero attached hydrogens (tertiary/aromatic N) is 1. The van der Waals surface area contributed by atoms with Gasteiger partial charge in [-0.25, -0.2) is 0 Å². The first-order valence-electron chi connectivity index (χ1n) is 7.41. The lowest BCUT2D eigenvalue weighted by molar-refractivity contribution is -0.384. The monoisotopic (exact) mass is 319 g/mol. The summed E-state index contributed by atoms with van der Waals surface area (Å²) >= 11 is 0. The van der Waals surface area contributed by atoms with Crippen LogP contribution in [0.2, 0.25) is 0 Å². The highest BCUT2D eigenvalue weighted by molar-refractivity contribution is 6.06. The number of furan rings is 1. The van der Waals surface area contributed by atoms with Gasteiger partial charge in [0.25, 0.3) is 5.69 Å². The molecule has 0 aliphatic heterocycles. The first-order valence-corrected chi connectivity index (χ1v) is 7.41. The maximum absolute atomic E-state index is 11.4. The fraction of sp³-hybridized carbons (Fsp3) is 0.0526. The number of hydrogen-bond donors (Lipinski definition) is 0. The number of methoxy groups -OCH3 is 1. The Morgan fingerprint density at radius 1 is 0.958 bits per heavy atom. The Balaban J connectivity index is 1.96. The zero-order valence-electron chi connectivity index (χ0n) is 12.9. The molecule has 0 spiro atoms. The molecule has 0 bridgehead atoms. The van der Waals surface area contributed by atoms with Crippen LogP contribution in [-0.4, -0.2) is 12.0 Å². The third kappa shape index (κ3) is 2.18. The molecule has 5 heteroatoms. The zero-order valence-corrected chi connectivity index (χ0v) is 12.9. The first-order chi connectivity index (χ1) is 11.7. The van der Waals surface area contributed by atoms with Crippen molar-refractivity contribution < 1.29 is 14.1 Å². The summed E-state index contributed by atoms with van der Waals surface area (Å²) in [6, 6.07) is 18.2. The van der Waals surface area contributed by atoms with Gasteiger partial charge in [-0.3, -0.25) is 10.1 Å². The summed E-state index contributed by atoms with van der Waals surface area (Å²) in [6.45, 7) is 0. The summed E-state index contributed by atoms with van der Waals surface area (Å²) in [6.07, 6.45) is 0. The average Bonchev–Trinajstić information content (AvgIpc) is 2.99. The molecular weight excluding hydrogens is 306 g/mol. The van der Waals surface area contributed by atoms with Crippen molar-refractivity contribution in [1.82, 2.24) is 0 Å². The molecule has 24 heavy (non-hydrogen) atoms. The highest BCUT2D eigenvalue weighted by Gasteiger charge is 2.18. The van der Waals surface area contributed by atoms with Gasteiger partial charge in [-0.05, 0) is 35.9 Å². The molecule has 1 heterocycles. The van der Waals surface area contributed by atoms with Crippen LogP contribution in [-0.2, 0) is 0 Å². The maximum atomic E-state index is 11.4. The van der Waals surface area contributed by atoms with Crippen LogP contribution in [0.15, 0.2) is 65.1 Å². The summed E-state index contributed by atoms with van der Waals surface area (Å²) in [7, 11) is 1.49. The zero-order chi connectivity index (χ0) is 16.7. The van der Waals surface area contributed by atoms with E-state index < -0.39 is 4.92 Å². The number of rotatable bonds is 3. The third-order valence-corrected chi connectivity index (χ3v) is 4.09. The van der Waals surface area contributed by atoms with Gasteiger partial charge in [0.2, 0.25) is 0 Å². The van der Waals surface area contributed by atoms with Crippen molar-refractivity contribution in [3.63, 3.8) is 0 Å². The van der Waals surface area contributed by atoms with Crippen LogP contribution in [0, 0.1) is 10.1 Å². The second kappa shape index (κ2) is 5.38. The topological polar surface area (TPSA) is 65.5 Å². The second-order valence-electron chi connectivity index (χ2n) is 5.45. The van der Waals surface area contributed by atoms with Crippen molar-refractivity contribution in [2.75, 3.05) is 7.11 Å². The van der Waals surface area contributed by atoms with Crippen molar-refractivity contribution in [2.24, 2.45) is 0 Å². The highest BCUT2D eigenvalue weighted by Crippen LogP contribution is 2.37. The predicted molar refractivity (Wildman–Crippen MR) is 92.4 cm³/mol. The van der Waals surface area contributed by atoms with Crippen molar-refractivity contribution in [3.8, 4) is 16.9 Å². The van der Waals surface area contributed by atoms with Crippen LogP contribution in [0.1, 0.15) is 0 Å². The van der Waals surface area contributed by atoms with Gasteiger partial charge in [-0.15, -0.1) is 0 Å². The molecule has 0 N–H and O–H groups in total. The van der Waals surface area contributed by atoms with E-state index in [1.54, 1.807) is 12.1 Å². The summed E-state index contributed by atoms with van der Waals surface area (Å²) in [5, 5.41) is 13.4. The Hall–Kier alpha value is -3.34. The van der Waals surface area contributed by atoms with E-state index in [1.807, 2.05) is 42.5 Å². The Kier molecular flexibility index (Phi) is 3.20. The minimum atomic E-state index is -0.393. The molecular formula is C19H13NO4. The van der Waals surface area contributed by atoms with E-state index in [4.69, 9.17) is 9.15 Å². The molecule has 0 fully saturated rings. The molecule has 0 unspecified atom stereocenters. The Labute approximate surface area is 137 Å². The first kappa shape index (κ1) is 14.3. The molecule has 1 aromatic heterocycles. The van der Waals surface area contributed by atoms with Gasteiger partial charge in [0.1, 0.15) is 16.9 Å². The summed E-state index contributed by atoms with van der Waals surface area (Å²) in [5.41, 5.74) is 2.89. The number of ether oxygens (including phenoxy) is 1. The summed E-state index contributed by atoms with van der Waals surface area (Å²) in [4.78, 5) is 11.0. The number of nitro groups is 1. The van der Waals surface area contributed by atoms with Crippen LogP contribution in [0.4, 0.5) is 5.69 Å². The van der Waals surface area contributed by atoms with Crippen LogP contribution < -0.4 is 4.74 Å². The number of hydrogen-bond acceptors (Lipinski definition) is 4. The van der Waals surface area contributed by atoms with Crippen LogP contribution in [0.25, 0.3) is 33.1 Å². The quantitative estimate of drug-likeness (QED) is 0.386. The fourth-order valence-electron chi connectivity index (χ4n) is 2.93. The number of para-hydroxylation sites is 1. The van der Waals surface area contributed by atoms with Gasteiger partial charge in [0.15, 0.2) is 0 Å². The van der Waals surface area contributed by atoms with E-state index in [2.05, 4.69) is 0 Å². The normalized spacial score (nSPS) is 11.0. The molecule has 0 saturated heterocycles. The van der Waals surface area contributed by atoms with Crippen LogP contribution in [0.3, 0.4) is 0 Å². The standard InChI is InChI=1S/C19H13NO4/c1-23-13-7-8-14(17(11-13)20(21)22)12-6-9-19-16(10-12)15-4-2-3-5-18(15)24-19/h2-11H,1H3. The van der Waals surface area contributed by atoms with Crippen molar-refractivity contribution in [3.05, 3.63) is 70.8 Å². The van der Waals surface area contributed by atoms with Gasteiger partial charge in [-0.1, -0.05) is 24.3 Å². The lowest BCUT2D eigenvalue weighted by Crippen LogP contribution is -1.93. The smallest absolute Gasteiger partial charge is 0.280 e. The van der Waals surface area contributed by atoms with Crippen LogP contribution in [0.5, 0.6) is 5.75 Å². The Bertz CT molecular complexity index is 1080. The second-order valence-corrected chi connectivity index (χ2v) is 5.45. The molecule has 0 atom stereocenters. The lowest BCUT2D eigenvalue weighted by atomic mass is 10.0. The minimum absolute atomic E-state index is 0.0153. The van der Waals surface area contributed by atoms with E-state index in [0.717, 1.165) is 27.5 Å². The van der Waals surface area contributed by atoms with Crippen molar-refractivity contribution >= 4 is 27.6 Å². The lowest BCUT2D eigenvalue weighted by Gasteiger charge is -2.06. The van der Waals surface area contributed by atoms with E-state index >= 15 is 0 Å². The van der Waals surface area contributed by atoms with E-state index in [1.165, 1.54) is 13.2 Å². The number of benzene rings is 3. The van der Waals surface area contributed by atoms with Gasteiger partial charge in [-0.2, -0.15) is 0 Å². The molecule has 0 aliphatic rings. The van der Waals surface area contributed by atoms with Crippen LogP contribution >= 0.6 is 0 Å². The predicted octanol–water partition coefficient (Wildman–Crippen LogP) is 5.17. The largest absolute Gasteiger partial charge is 0.497 e. The van der Waals surface area contributed by atoms with Gasteiger partial charge >= 0.3 is 0 Å². The summed E-state index contributed by atoms with van der Waals surface area (Å²) in [5.74, 6) is 0.459. The number of fused-ring (bicyclic) bond motifs is 3. The minimum Gasteiger partial charge on any atom is -0.497 e. The molecule has 0 radical (unpaired) electrons.